The van der Waals surface area contributed by atoms with Crippen LogP contribution >= 0.6 is 11.6 Å². The Morgan fingerprint density at radius 3 is 2.32 bits per heavy atom. The minimum absolute atomic E-state index is 0.0262. The van der Waals surface area contributed by atoms with Crippen LogP contribution in [0.2, 0.25) is 5.02 Å². The number of benzene rings is 1. The second-order valence-electron chi connectivity index (χ2n) is 7.85. The van der Waals surface area contributed by atoms with Gasteiger partial charge in [0, 0.05) is 34.8 Å². The maximum absolute atomic E-state index is 13.3. The highest BCUT2D eigenvalue weighted by molar-refractivity contribution is 6.31. The van der Waals surface area contributed by atoms with Gasteiger partial charge in [-0.2, -0.15) is 36.3 Å². The van der Waals surface area contributed by atoms with Gasteiger partial charge in [0.2, 0.25) is 17.6 Å². The van der Waals surface area contributed by atoms with Crippen LogP contribution in [0.25, 0.3) is 10.9 Å². The molecule has 0 aliphatic carbocycles. The summed E-state index contributed by atoms with van der Waals surface area (Å²) in [6.07, 6.45) is -11.5. The molecule has 4 rings (SSSR count). The summed E-state index contributed by atoms with van der Waals surface area (Å²) >= 11 is 6.09. The summed E-state index contributed by atoms with van der Waals surface area (Å²) in [4.78, 5) is 13.5. The third-order valence-electron chi connectivity index (χ3n) is 5.56. The van der Waals surface area contributed by atoms with E-state index in [1.165, 1.54) is 4.90 Å². The predicted molar refractivity (Wildman–Crippen MR) is 109 cm³/mol. The highest BCUT2D eigenvalue weighted by Gasteiger charge is 2.43. The lowest BCUT2D eigenvalue weighted by atomic mass is 9.93. The number of H-pyrrole nitrogens is 1. The number of halogens is 7. The van der Waals surface area contributed by atoms with Gasteiger partial charge in [-0.3, -0.25) is 0 Å². The summed E-state index contributed by atoms with van der Waals surface area (Å²) in [7, 11) is 0. The summed E-state index contributed by atoms with van der Waals surface area (Å²) in [6.45, 7) is -0.382. The Kier molecular flexibility index (Phi) is 6.38. The fourth-order valence-electron chi connectivity index (χ4n) is 4.09. The lowest BCUT2D eigenvalue weighted by molar-refractivity contribution is -0.155. The number of anilines is 1. The Morgan fingerprint density at radius 1 is 1.09 bits per heavy atom. The lowest BCUT2D eigenvalue weighted by Gasteiger charge is -2.37. The van der Waals surface area contributed by atoms with E-state index in [-0.39, 0.29) is 32.4 Å². The smallest absolute Gasteiger partial charge is 0.396 e. The van der Waals surface area contributed by atoms with Crippen LogP contribution in [0.4, 0.5) is 32.3 Å². The summed E-state index contributed by atoms with van der Waals surface area (Å²) in [5, 5.41) is 20.7. The Labute approximate surface area is 193 Å². The average molecular weight is 510 g/mol. The highest BCUT2D eigenvalue weighted by Crippen LogP contribution is 2.41. The molecule has 0 fully saturated rings. The highest BCUT2D eigenvalue weighted by atomic mass is 35.5. The maximum atomic E-state index is 13.3. The normalized spacial score (nSPS) is 17.8. The molecular formula is C20H18ClF6N5O2. The van der Waals surface area contributed by atoms with Crippen LogP contribution in [0.1, 0.15) is 41.8 Å². The number of hydrogen-bond acceptors (Lipinski definition) is 6. The molecular weight excluding hydrogens is 492 g/mol. The van der Waals surface area contributed by atoms with E-state index in [0.717, 1.165) is 10.9 Å². The van der Waals surface area contributed by atoms with Gasteiger partial charge in [-0.1, -0.05) is 11.6 Å². The fraction of sp³-hybridized carbons (Fsp3) is 0.450. The molecule has 0 bridgehead atoms. The molecule has 0 spiro atoms. The summed E-state index contributed by atoms with van der Waals surface area (Å²) < 4.78 is 79.8. The van der Waals surface area contributed by atoms with Gasteiger partial charge in [-0.25, -0.2) is 4.98 Å². The van der Waals surface area contributed by atoms with Crippen molar-refractivity contribution in [2.45, 2.75) is 43.8 Å². The molecule has 2 aromatic heterocycles. The third-order valence-corrected chi connectivity index (χ3v) is 5.79. The zero-order valence-corrected chi connectivity index (χ0v) is 18.0. The third kappa shape index (κ3) is 4.77. The van der Waals surface area contributed by atoms with Gasteiger partial charge in [0.1, 0.15) is 0 Å². The van der Waals surface area contributed by atoms with E-state index in [1.54, 1.807) is 18.2 Å². The number of aromatic amines is 1. The number of nitrogens with zero attached hydrogens (tertiary/aromatic N) is 4. The number of fused-ring (bicyclic) bond motifs is 3. The molecule has 3 aromatic rings. The largest absolute Gasteiger partial charge is 0.451 e. The molecule has 1 aliphatic rings. The SMILES string of the molecule is OCCC(O)CC1c2[nH]c3ccc(Cl)cc3c2CCN1c1nc(C(F)(F)F)nc(C(F)(F)F)n1. The van der Waals surface area contributed by atoms with Gasteiger partial charge in [0.15, 0.2) is 0 Å². The number of aliphatic hydroxyl groups is 2. The van der Waals surface area contributed by atoms with Crippen molar-refractivity contribution < 1.29 is 36.6 Å². The molecule has 3 N–H and O–H groups in total. The van der Waals surface area contributed by atoms with Crippen molar-refractivity contribution in [3.63, 3.8) is 0 Å². The molecule has 2 atom stereocenters. The van der Waals surface area contributed by atoms with E-state index in [0.29, 0.717) is 16.2 Å². The standard InChI is InChI=1S/C20H18ClF6N5O2/c21-9-1-2-13-12(7-9)11-3-5-32(14(15(11)28-13)8-10(34)4-6-33)18-30-16(19(22,23)24)29-17(31-18)20(25,26)27/h1-2,7,10,14,28,33-34H,3-6,8H2. The van der Waals surface area contributed by atoms with Gasteiger partial charge in [-0.05, 0) is 43.0 Å². The quantitative estimate of drug-likeness (QED) is 0.444. The molecule has 0 amide bonds. The van der Waals surface area contributed by atoms with Crippen LogP contribution in [-0.4, -0.2) is 49.4 Å². The Hall–Kier alpha value is -2.64. The minimum Gasteiger partial charge on any atom is -0.396 e. The summed E-state index contributed by atoms with van der Waals surface area (Å²) in [5.74, 6) is -4.74. The molecule has 1 aliphatic heterocycles. The van der Waals surface area contributed by atoms with Gasteiger partial charge >= 0.3 is 12.4 Å². The molecule has 1 aromatic carbocycles. The van der Waals surface area contributed by atoms with Gasteiger partial charge in [-0.15, -0.1) is 0 Å². The molecule has 2 unspecified atom stereocenters. The molecule has 3 heterocycles. The van der Waals surface area contributed by atoms with Crippen molar-refractivity contribution in [1.82, 2.24) is 19.9 Å². The van der Waals surface area contributed by atoms with E-state index in [9.17, 15) is 31.4 Å². The number of nitrogens with one attached hydrogen (secondary N) is 1. The van der Waals surface area contributed by atoms with Crippen LogP contribution in [0.5, 0.6) is 0 Å². The van der Waals surface area contributed by atoms with Crippen LogP contribution in [0.3, 0.4) is 0 Å². The minimum atomic E-state index is -5.23. The maximum Gasteiger partial charge on any atom is 0.451 e. The molecule has 184 valence electrons. The topological polar surface area (TPSA) is 98.2 Å². The number of aliphatic hydroxyl groups excluding tert-OH is 2. The number of alkyl halides is 6. The molecule has 0 radical (unpaired) electrons. The van der Waals surface area contributed by atoms with E-state index in [1.807, 2.05) is 0 Å². The van der Waals surface area contributed by atoms with Crippen molar-refractivity contribution in [2.75, 3.05) is 18.1 Å². The average Bonchev–Trinajstić information content (AvgIpc) is 3.11. The first-order valence-corrected chi connectivity index (χ1v) is 10.5. The van der Waals surface area contributed by atoms with Crippen molar-refractivity contribution >= 4 is 28.5 Å². The van der Waals surface area contributed by atoms with E-state index in [4.69, 9.17) is 16.7 Å². The van der Waals surface area contributed by atoms with Crippen molar-refractivity contribution in [3.05, 3.63) is 46.1 Å². The number of aromatic nitrogens is 4. The fourth-order valence-corrected chi connectivity index (χ4v) is 4.27. The molecule has 34 heavy (non-hydrogen) atoms. The Bertz CT molecular complexity index is 1170. The lowest BCUT2D eigenvalue weighted by Crippen LogP contribution is -2.39. The monoisotopic (exact) mass is 509 g/mol. The van der Waals surface area contributed by atoms with Crippen LogP contribution in [0.15, 0.2) is 18.2 Å². The van der Waals surface area contributed by atoms with Crippen LogP contribution in [0, 0.1) is 0 Å². The second-order valence-corrected chi connectivity index (χ2v) is 8.28. The predicted octanol–water partition coefficient (Wildman–Crippen LogP) is 4.28. The molecule has 14 heteroatoms. The van der Waals surface area contributed by atoms with E-state index >= 15 is 0 Å². The Morgan fingerprint density at radius 2 is 1.74 bits per heavy atom. The summed E-state index contributed by atoms with van der Waals surface area (Å²) in [6, 6.07) is 4.14. The van der Waals surface area contributed by atoms with Crippen molar-refractivity contribution in [3.8, 4) is 0 Å². The van der Waals surface area contributed by atoms with Crippen LogP contribution < -0.4 is 4.90 Å². The molecule has 0 saturated carbocycles. The zero-order chi connectivity index (χ0) is 24.8. The first-order valence-electron chi connectivity index (χ1n) is 10.1. The van der Waals surface area contributed by atoms with Crippen molar-refractivity contribution in [1.29, 1.82) is 0 Å². The Balaban J connectivity index is 1.86. The first kappa shape index (κ1) is 24.5. The van der Waals surface area contributed by atoms with E-state index in [2.05, 4.69) is 19.9 Å². The first-order chi connectivity index (χ1) is 15.9. The van der Waals surface area contributed by atoms with Gasteiger partial charge < -0.3 is 20.1 Å². The summed E-state index contributed by atoms with van der Waals surface area (Å²) in [5.41, 5.74) is 1.93. The number of hydrogen-bond donors (Lipinski definition) is 3. The van der Waals surface area contributed by atoms with Gasteiger partial charge in [0.05, 0.1) is 12.1 Å². The zero-order valence-electron chi connectivity index (χ0n) is 17.3. The molecule has 0 saturated heterocycles. The van der Waals surface area contributed by atoms with E-state index < -0.39 is 42.1 Å². The van der Waals surface area contributed by atoms with Crippen LogP contribution in [-0.2, 0) is 18.8 Å². The van der Waals surface area contributed by atoms with Gasteiger partial charge in [0.25, 0.3) is 0 Å². The molecule has 7 nitrogen and oxygen atoms in total. The van der Waals surface area contributed by atoms with Crippen molar-refractivity contribution in [2.24, 2.45) is 0 Å². The number of rotatable bonds is 5. The second kappa shape index (κ2) is 8.86.